The van der Waals surface area contributed by atoms with E-state index in [2.05, 4.69) is 0 Å². The van der Waals surface area contributed by atoms with Crippen molar-refractivity contribution in [2.75, 3.05) is 26.2 Å². The first-order chi connectivity index (χ1) is 11.6. The Morgan fingerprint density at radius 1 is 1.16 bits per heavy atom. The number of nitrogens with zero attached hydrogens (tertiary/aromatic N) is 3. The third-order valence-electron chi connectivity index (χ3n) is 4.48. The van der Waals surface area contributed by atoms with Gasteiger partial charge < -0.3 is 4.90 Å². The van der Waals surface area contributed by atoms with Crippen LogP contribution in [-0.2, 0) is 14.8 Å². The first-order valence-corrected chi connectivity index (χ1v) is 9.54. The van der Waals surface area contributed by atoms with Crippen molar-refractivity contribution in [2.45, 2.75) is 32.6 Å². The maximum absolute atomic E-state index is 12.9. The second kappa shape index (κ2) is 7.09. The number of carbonyl (C=O) groups excluding carboxylic acids is 1. The molecule has 0 spiro atoms. The highest BCUT2D eigenvalue weighted by atomic mass is 32.2. The predicted molar refractivity (Wildman–Crippen MR) is 92.7 cm³/mol. The van der Waals surface area contributed by atoms with Gasteiger partial charge in [-0.1, -0.05) is 13.8 Å². The Hall–Kier alpha value is -2.00. The Morgan fingerprint density at radius 2 is 1.72 bits per heavy atom. The lowest BCUT2D eigenvalue weighted by Crippen LogP contribution is -2.51. The average molecular weight is 369 g/mol. The molecule has 9 heteroatoms. The molecule has 1 aliphatic rings. The molecule has 1 aliphatic heterocycles. The predicted octanol–water partition coefficient (Wildman–Crippen LogP) is 1.70. The highest BCUT2D eigenvalue weighted by Gasteiger charge is 2.33. The number of sulfonamides is 1. The molecule has 1 saturated heterocycles. The molecule has 1 aromatic rings. The second-order valence-corrected chi connectivity index (χ2v) is 8.43. The quantitative estimate of drug-likeness (QED) is 0.594. The maximum atomic E-state index is 12.9. The van der Waals surface area contributed by atoms with Crippen LogP contribution in [0.3, 0.4) is 0 Å². The minimum absolute atomic E-state index is 0.000535. The van der Waals surface area contributed by atoms with Crippen molar-refractivity contribution < 1.29 is 18.1 Å². The average Bonchev–Trinajstić information content (AvgIpc) is 2.56. The van der Waals surface area contributed by atoms with Crippen molar-refractivity contribution in [3.8, 4) is 0 Å². The number of carbonyl (C=O) groups is 1. The van der Waals surface area contributed by atoms with Gasteiger partial charge in [0.2, 0.25) is 15.9 Å². The van der Waals surface area contributed by atoms with Crippen LogP contribution >= 0.6 is 0 Å². The molecule has 2 rings (SSSR count). The lowest BCUT2D eigenvalue weighted by molar-refractivity contribution is -0.385. The lowest BCUT2D eigenvalue weighted by atomic mass is 10.1. The largest absolute Gasteiger partial charge is 0.340 e. The molecule has 138 valence electrons. The summed E-state index contributed by atoms with van der Waals surface area (Å²) in [6.07, 6.45) is 0. The van der Waals surface area contributed by atoms with Crippen molar-refractivity contribution >= 4 is 21.6 Å². The summed E-state index contributed by atoms with van der Waals surface area (Å²) in [4.78, 5) is 24.1. The number of nitro groups is 1. The van der Waals surface area contributed by atoms with E-state index in [0.29, 0.717) is 24.2 Å². The maximum Gasteiger partial charge on any atom is 0.271 e. The van der Waals surface area contributed by atoms with Gasteiger partial charge in [0, 0.05) is 44.2 Å². The summed E-state index contributed by atoms with van der Waals surface area (Å²) in [5.41, 5.74) is 0.822. The van der Waals surface area contributed by atoms with Crippen LogP contribution in [-0.4, -0.2) is 54.6 Å². The van der Waals surface area contributed by atoms with Gasteiger partial charge in [-0.25, -0.2) is 8.42 Å². The van der Waals surface area contributed by atoms with Crippen molar-refractivity contribution in [1.82, 2.24) is 9.21 Å². The molecule has 1 amide bonds. The van der Waals surface area contributed by atoms with Crippen molar-refractivity contribution in [2.24, 2.45) is 5.92 Å². The van der Waals surface area contributed by atoms with E-state index in [0.717, 1.165) is 6.07 Å². The fourth-order valence-corrected chi connectivity index (χ4v) is 4.57. The van der Waals surface area contributed by atoms with E-state index in [-0.39, 0.29) is 35.5 Å². The summed E-state index contributed by atoms with van der Waals surface area (Å²) in [6.45, 7) is 7.92. The molecule has 0 radical (unpaired) electrons. The third kappa shape index (κ3) is 3.82. The summed E-state index contributed by atoms with van der Waals surface area (Å²) >= 11 is 0. The SMILES string of the molecule is Cc1cc([N+](=O)[O-])cc(S(=O)(=O)N2CCN(C(=O)C(C)C)CC2)c1C. The van der Waals surface area contributed by atoms with Crippen LogP contribution in [0.15, 0.2) is 17.0 Å². The number of non-ortho nitro benzene ring substituents is 1. The Morgan fingerprint density at radius 3 is 2.20 bits per heavy atom. The van der Waals surface area contributed by atoms with Gasteiger partial charge in [0.15, 0.2) is 0 Å². The molecule has 0 atom stereocenters. The fourth-order valence-electron chi connectivity index (χ4n) is 2.84. The molecular formula is C16H23N3O5S. The van der Waals surface area contributed by atoms with Crippen LogP contribution in [0.1, 0.15) is 25.0 Å². The summed E-state index contributed by atoms with van der Waals surface area (Å²) < 4.78 is 27.2. The smallest absolute Gasteiger partial charge is 0.271 e. The Balaban J connectivity index is 2.29. The van der Waals surface area contributed by atoms with Gasteiger partial charge in [0.25, 0.3) is 5.69 Å². The first kappa shape index (κ1) is 19.3. The standard InChI is InChI=1S/C16H23N3O5S/c1-11(2)16(20)17-5-7-18(8-6-17)25(23,24)15-10-14(19(21)22)9-12(3)13(15)4/h9-11H,5-8H2,1-4H3. The molecule has 0 bridgehead atoms. The number of rotatable bonds is 4. The number of piperazine rings is 1. The van der Waals surface area contributed by atoms with Gasteiger partial charge in [0.05, 0.1) is 9.82 Å². The van der Waals surface area contributed by atoms with Crippen LogP contribution in [0.25, 0.3) is 0 Å². The summed E-state index contributed by atoms with van der Waals surface area (Å²) in [5, 5.41) is 11.1. The minimum atomic E-state index is -3.85. The van der Waals surface area contributed by atoms with E-state index in [1.165, 1.54) is 10.4 Å². The summed E-state index contributed by atoms with van der Waals surface area (Å²) in [5.74, 6) is -0.135. The molecule has 1 heterocycles. The van der Waals surface area contributed by atoms with Crippen LogP contribution < -0.4 is 0 Å². The lowest BCUT2D eigenvalue weighted by Gasteiger charge is -2.35. The zero-order valence-electron chi connectivity index (χ0n) is 14.9. The highest BCUT2D eigenvalue weighted by Crippen LogP contribution is 2.28. The van der Waals surface area contributed by atoms with Gasteiger partial charge in [-0.2, -0.15) is 4.31 Å². The fraction of sp³-hybridized carbons (Fsp3) is 0.562. The van der Waals surface area contributed by atoms with Gasteiger partial charge in [0.1, 0.15) is 0 Å². The third-order valence-corrected chi connectivity index (χ3v) is 6.50. The molecule has 0 saturated carbocycles. The zero-order chi connectivity index (χ0) is 18.9. The number of aryl methyl sites for hydroxylation is 1. The van der Waals surface area contributed by atoms with E-state index in [9.17, 15) is 23.3 Å². The number of nitro benzene ring substituents is 1. The van der Waals surface area contributed by atoms with Crippen LogP contribution in [0, 0.1) is 29.9 Å². The minimum Gasteiger partial charge on any atom is -0.340 e. The van der Waals surface area contributed by atoms with Crippen molar-refractivity contribution in [3.63, 3.8) is 0 Å². The number of hydrogen-bond donors (Lipinski definition) is 0. The molecular weight excluding hydrogens is 346 g/mol. The topological polar surface area (TPSA) is 101 Å². The van der Waals surface area contributed by atoms with Crippen molar-refractivity contribution in [1.29, 1.82) is 0 Å². The molecule has 0 aliphatic carbocycles. The van der Waals surface area contributed by atoms with Crippen LogP contribution in [0.2, 0.25) is 0 Å². The number of hydrogen-bond acceptors (Lipinski definition) is 5. The first-order valence-electron chi connectivity index (χ1n) is 8.10. The highest BCUT2D eigenvalue weighted by molar-refractivity contribution is 7.89. The Kier molecular flexibility index (Phi) is 5.48. The molecule has 0 unspecified atom stereocenters. The molecule has 25 heavy (non-hydrogen) atoms. The van der Waals surface area contributed by atoms with Gasteiger partial charge >= 0.3 is 0 Å². The molecule has 0 N–H and O–H groups in total. The van der Waals surface area contributed by atoms with Gasteiger partial charge in [-0.05, 0) is 25.0 Å². The van der Waals surface area contributed by atoms with E-state index in [1.54, 1.807) is 32.6 Å². The monoisotopic (exact) mass is 369 g/mol. The van der Waals surface area contributed by atoms with Gasteiger partial charge in [-0.15, -0.1) is 0 Å². The molecule has 0 aromatic heterocycles. The molecule has 1 aromatic carbocycles. The summed E-state index contributed by atoms with van der Waals surface area (Å²) in [7, 11) is -3.85. The Bertz CT molecular complexity index is 796. The van der Waals surface area contributed by atoms with Gasteiger partial charge in [-0.3, -0.25) is 14.9 Å². The van der Waals surface area contributed by atoms with Crippen LogP contribution in [0.5, 0.6) is 0 Å². The normalized spacial score (nSPS) is 16.3. The Labute approximate surface area is 147 Å². The molecule has 8 nitrogen and oxygen atoms in total. The van der Waals surface area contributed by atoms with Crippen molar-refractivity contribution in [3.05, 3.63) is 33.4 Å². The molecule has 1 fully saturated rings. The number of benzene rings is 1. The van der Waals surface area contributed by atoms with Crippen LogP contribution in [0.4, 0.5) is 5.69 Å². The zero-order valence-corrected chi connectivity index (χ0v) is 15.7. The van der Waals surface area contributed by atoms with E-state index < -0.39 is 14.9 Å². The van der Waals surface area contributed by atoms with E-state index in [4.69, 9.17) is 0 Å². The van der Waals surface area contributed by atoms with E-state index >= 15 is 0 Å². The number of amides is 1. The van der Waals surface area contributed by atoms with E-state index in [1.807, 2.05) is 0 Å². The summed E-state index contributed by atoms with van der Waals surface area (Å²) in [6, 6.07) is 2.48. The second-order valence-electron chi connectivity index (χ2n) is 6.53.